The van der Waals surface area contributed by atoms with E-state index in [1.165, 1.54) is 0 Å². The summed E-state index contributed by atoms with van der Waals surface area (Å²) in [6.07, 6.45) is 2.07. The van der Waals surface area contributed by atoms with E-state index in [9.17, 15) is 14.3 Å². The van der Waals surface area contributed by atoms with Crippen LogP contribution in [0.25, 0.3) is 0 Å². The third-order valence-electron chi connectivity index (χ3n) is 3.09. The molecule has 0 aliphatic carbocycles. The number of aromatic nitrogens is 1. The van der Waals surface area contributed by atoms with E-state index in [4.69, 9.17) is 11.6 Å². The van der Waals surface area contributed by atoms with Gasteiger partial charge >= 0.3 is 0 Å². The van der Waals surface area contributed by atoms with Crippen LogP contribution in [0.2, 0.25) is 5.15 Å². The lowest BCUT2D eigenvalue weighted by atomic mass is 9.93. The van der Waals surface area contributed by atoms with Crippen LogP contribution in [0.5, 0.6) is 0 Å². The Morgan fingerprint density at radius 1 is 1.56 bits per heavy atom. The van der Waals surface area contributed by atoms with Crippen LogP contribution in [0.1, 0.15) is 37.0 Å². The second-order valence-corrected chi connectivity index (χ2v) is 4.45. The van der Waals surface area contributed by atoms with Gasteiger partial charge in [-0.3, -0.25) is 4.79 Å². The second-order valence-electron chi connectivity index (χ2n) is 4.09. The molecule has 1 aromatic rings. The zero-order chi connectivity index (χ0) is 13.8. The summed E-state index contributed by atoms with van der Waals surface area (Å²) >= 11 is 5.75. The lowest BCUT2D eigenvalue weighted by Gasteiger charge is -2.30. The Labute approximate surface area is 110 Å². The minimum atomic E-state index is -0.716. The van der Waals surface area contributed by atoms with Crippen molar-refractivity contribution in [1.29, 1.82) is 0 Å². The summed E-state index contributed by atoms with van der Waals surface area (Å²) in [5, 5.41) is 12.0. The minimum absolute atomic E-state index is 0.0311. The van der Waals surface area contributed by atoms with Crippen LogP contribution in [-0.4, -0.2) is 28.1 Å². The van der Waals surface area contributed by atoms with Crippen molar-refractivity contribution in [3.8, 4) is 0 Å². The van der Waals surface area contributed by atoms with Crippen molar-refractivity contribution in [3.63, 3.8) is 0 Å². The summed E-state index contributed by atoms with van der Waals surface area (Å²) in [6.45, 7) is 3.52. The van der Waals surface area contributed by atoms with Gasteiger partial charge in [-0.1, -0.05) is 25.4 Å². The van der Waals surface area contributed by atoms with Gasteiger partial charge in [-0.25, -0.2) is 9.37 Å². The summed E-state index contributed by atoms with van der Waals surface area (Å²) in [6, 6.07) is 1.03. The molecule has 1 heterocycles. The van der Waals surface area contributed by atoms with E-state index in [1.54, 1.807) is 0 Å². The molecule has 6 heteroatoms. The Kier molecular flexibility index (Phi) is 5.04. The number of hydrogen-bond donors (Lipinski definition) is 2. The lowest BCUT2D eigenvalue weighted by molar-refractivity contribution is 0.0817. The number of halogens is 2. The molecule has 0 aromatic carbocycles. The number of nitrogens with zero attached hydrogens (tertiary/aromatic N) is 1. The maximum atomic E-state index is 13.0. The predicted octanol–water partition coefficient (Wildman–Crippen LogP) is 2.16. The van der Waals surface area contributed by atoms with Gasteiger partial charge in [0.15, 0.2) is 0 Å². The average Bonchev–Trinajstić information content (AvgIpc) is 2.38. The van der Waals surface area contributed by atoms with Crippen LogP contribution >= 0.6 is 11.6 Å². The van der Waals surface area contributed by atoms with Gasteiger partial charge in [0, 0.05) is 0 Å². The van der Waals surface area contributed by atoms with E-state index in [2.05, 4.69) is 10.3 Å². The number of aliphatic hydroxyl groups excluding tert-OH is 1. The fourth-order valence-electron chi connectivity index (χ4n) is 1.58. The molecule has 4 nitrogen and oxygen atoms in total. The fraction of sp³-hybridized carbons (Fsp3) is 0.500. The molecule has 0 fully saturated rings. The van der Waals surface area contributed by atoms with E-state index in [-0.39, 0.29) is 17.3 Å². The van der Waals surface area contributed by atoms with Gasteiger partial charge in [-0.2, -0.15) is 0 Å². The third kappa shape index (κ3) is 3.17. The number of amides is 1. The first-order chi connectivity index (χ1) is 8.48. The first-order valence-corrected chi connectivity index (χ1v) is 6.10. The van der Waals surface area contributed by atoms with Gasteiger partial charge < -0.3 is 10.4 Å². The SMILES string of the molecule is CCC(CC)(CO)NC(=O)c1cc(F)cnc1Cl. The molecule has 0 aliphatic heterocycles. The number of aliphatic hydroxyl groups is 1. The maximum absolute atomic E-state index is 13.0. The van der Waals surface area contributed by atoms with Crippen LogP contribution in [0, 0.1) is 5.82 Å². The Morgan fingerprint density at radius 3 is 2.67 bits per heavy atom. The molecule has 0 bridgehead atoms. The van der Waals surface area contributed by atoms with Crippen LogP contribution in [0.4, 0.5) is 4.39 Å². The zero-order valence-corrected chi connectivity index (χ0v) is 11.1. The maximum Gasteiger partial charge on any atom is 0.255 e. The highest BCUT2D eigenvalue weighted by atomic mass is 35.5. The zero-order valence-electron chi connectivity index (χ0n) is 10.3. The molecule has 0 saturated carbocycles. The number of rotatable bonds is 5. The minimum Gasteiger partial charge on any atom is -0.394 e. The van der Waals surface area contributed by atoms with E-state index in [1.807, 2.05) is 13.8 Å². The molecule has 100 valence electrons. The smallest absolute Gasteiger partial charge is 0.255 e. The van der Waals surface area contributed by atoms with Crippen molar-refractivity contribution in [2.45, 2.75) is 32.2 Å². The molecule has 0 radical (unpaired) electrons. The van der Waals surface area contributed by atoms with E-state index < -0.39 is 17.3 Å². The quantitative estimate of drug-likeness (QED) is 0.809. The average molecular weight is 275 g/mol. The topological polar surface area (TPSA) is 62.2 Å². The molecular weight excluding hydrogens is 259 g/mol. The third-order valence-corrected chi connectivity index (χ3v) is 3.39. The lowest BCUT2D eigenvalue weighted by Crippen LogP contribution is -2.50. The van der Waals surface area contributed by atoms with Crippen molar-refractivity contribution in [2.24, 2.45) is 0 Å². The van der Waals surface area contributed by atoms with Gasteiger partial charge in [0.2, 0.25) is 0 Å². The number of carbonyl (C=O) groups excluding carboxylic acids is 1. The largest absolute Gasteiger partial charge is 0.394 e. The van der Waals surface area contributed by atoms with Gasteiger partial charge in [-0.15, -0.1) is 0 Å². The van der Waals surface area contributed by atoms with E-state index in [0.717, 1.165) is 12.3 Å². The number of carbonyl (C=O) groups is 1. The molecule has 18 heavy (non-hydrogen) atoms. The summed E-state index contributed by atoms with van der Waals surface area (Å²) in [5.74, 6) is -1.17. The Morgan fingerprint density at radius 2 is 2.17 bits per heavy atom. The molecule has 1 rings (SSSR count). The molecule has 1 amide bonds. The van der Waals surface area contributed by atoms with E-state index >= 15 is 0 Å². The Hall–Kier alpha value is -1.20. The van der Waals surface area contributed by atoms with Gasteiger partial charge in [-0.05, 0) is 18.9 Å². The normalized spacial score (nSPS) is 11.4. The summed E-state index contributed by atoms with van der Waals surface area (Å²) in [5.41, 5.74) is -0.747. The highest BCUT2D eigenvalue weighted by molar-refractivity contribution is 6.32. The summed E-state index contributed by atoms with van der Waals surface area (Å²) in [7, 11) is 0. The van der Waals surface area contributed by atoms with Crippen molar-refractivity contribution < 1.29 is 14.3 Å². The molecule has 2 N–H and O–H groups in total. The van der Waals surface area contributed by atoms with Gasteiger partial charge in [0.1, 0.15) is 11.0 Å². The van der Waals surface area contributed by atoms with Gasteiger partial charge in [0.05, 0.1) is 23.9 Å². The van der Waals surface area contributed by atoms with Crippen molar-refractivity contribution in [1.82, 2.24) is 10.3 Å². The van der Waals surface area contributed by atoms with Gasteiger partial charge in [0.25, 0.3) is 5.91 Å². The monoisotopic (exact) mass is 274 g/mol. The van der Waals surface area contributed by atoms with Crippen LogP contribution in [0.15, 0.2) is 12.3 Å². The van der Waals surface area contributed by atoms with E-state index in [0.29, 0.717) is 12.8 Å². The summed E-state index contributed by atoms with van der Waals surface area (Å²) in [4.78, 5) is 15.6. The first kappa shape index (κ1) is 14.9. The Balaban J connectivity index is 2.97. The van der Waals surface area contributed by atoms with Crippen molar-refractivity contribution >= 4 is 17.5 Å². The number of nitrogens with one attached hydrogen (secondary N) is 1. The molecule has 0 saturated heterocycles. The Bertz CT molecular complexity index is 428. The first-order valence-electron chi connectivity index (χ1n) is 5.72. The molecular formula is C12H16ClFN2O2. The van der Waals surface area contributed by atoms with Crippen LogP contribution in [-0.2, 0) is 0 Å². The predicted molar refractivity (Wildman–Crippen MR) is 67.1 cm³/mol. The van der Waals surface area contributed by atoms with Crippen LogP contribution in [0.3, 0.4) is 0 Å². The second kappa shape index (κ2) is 6.11. The number of pyridine rings is 1. The molecule has 0 unspecified atom stereocenters. The number of hydrogen-bond acceptors (Lipinski definition) is 3. The fourth-order valence-corrected chi connectivity index (χ4v) is 1.77. The standard InChI is InChI=1S/C12H16ClFN2O2/c1-3-12(4-2,7-17)16-11(18)9-5-8(14)6-15-10(9)13/h5-6,17H,3-4,7H2,1-2H3,(H,16,18). The van der Waals surface area contributed by atoms with Crippen LogP contribution < -0.4 is 5.32 Å². The molecule has 0 spiro atoms. The highest BCUT2D eigenvalue weighted by Gasteiger charge is 2.28. The summed E-state index contributed by atoms with van der Waals surface area (Å²) < 4.78 is 13.0. The van der Waals surface area contributed by atoms with Crippen molar-refractivity contribution in [2.75, 3.05) is 6.61 Å². The van der Waals surface area contributed by atoms with Crippen molar-refractivity contribution in [3.05, 3.63) is 28.8 Å². The molecule has 0 aliphatic rings. The molecule has 1 aromatic heterocycles. The molecule has 0 atom stereocenters. The highest BCUT2D eigenvalue weighted by Crippen LogP contribution is 2.18.